The molecule has 34 heavy (non-hydrogen) atoms. The predicted octanol–water partition coefficient (Wildman–Crippen LogP) is 5.32. The number of sulfonamides is 1. The van der Waals surface area contributed by atoms with Crippen LogP contribution in [-0.4, -0.2) is 40.4 Å². The van der Waals surface area contributed by atoms with Crippen molar-refractivity contribution in [2.75, 3.05) is 25.5 Å². The van der Waals surface area contributed by atoms with E-state index in [4.69, 9.17) is 4.74 Å². The summed E-state index contributed by atoms with van der Waals surface area (Å²) in [5.41, 5.74) is 2.38. The Labute approximate surface area is 204 Å². The highest BCUT2D eigenvalue weighted by molar-refractivity contribution is 7.93. The molecule has 6 nitrogen and oxygen atoms in total. The number of anilines is 1. The highest BCUT2D eigenvalue weighted by Gasteiger charge is 2.26. The van der Waals surface area contributed by atoms with Crippen LogP contribution in [0.15, 0.2) is 77.7 Å². The lowest BCUT2D eigenvalue weighted by Crippen LogP contribution is -2.27. The number of hydrogen-bond donors (Lipinski definition) is 0. The smallest absolute Gasteiger partial charge is 0.267 e. The van der Waals surface area contributed by atoms with Crippen LogP contribution in [0.3, 0.4) is 0 Å². The van der Waals surface area contributed by atoms with Crippen molar-refractivity contribution in [3.05, 3.63) is 88.8 Å². The van der Waals surface area contributed by atoms with Gasteiger partial charge in [0.05, 0.1) is 17.7 Å². The Kier molecular flexibility index (Phi) is 6.63. The van der Waals surface area contributed by atoms with Gasteiger partial charge < -0.3 is 9.64 Å². The molecule has 1 amide bonds. The van der Waals surface area contributed by atoms with Crippen LogP contribution in [0, 0.1) is 6.92 Å². The van der Waals surface area contributed by atoms with Gasteiger partial charge in [0, 0.05) is 25.3 Å². The van der Waals surface area contributed by atoms with Crippen molar-refractivity contribution < 1.29 is 17.9 Å². The fourth-order valence-corrected chi connectivity index (χ4v) is 6.19. The summed E-state index contributed by atoms with van der Waals surface area (Å²) in [6, 6.07) is 22.1. The average Bonchev–Trinajstić information content (AvgIpc) is 3.27. The van der Waals surface area contributed by atoms with E-state index in [-0.39, 0.29) is 10.8 Å². The minimum Gasteiger partial charge on any atom is -0.495 e. The van der Waals surface area contributed by atoms with Gasteiger partial charge >= 0.3 is 0 Å². The molecule has 176 valence electrons. The zero-order chi connectivity index (χ0) is 24.5. The number of ether oxygens (including phenoxy) is 1. The van der Waals surface area contributed by atoms with E-state index in [1.165, 1.54) is 29.8 Å². The van der Waals surface area contributed by atoms with Crippen LogP contribution in [0.2, 0.25) is 0 Å². The quantitative estimate of drug-likeness (QED) is 0.349. The molecule has 1 heterocycles. The van der Waals surface area contributed by atoms with Crippen molar-refractivity contribution in [3.8, 4) is 5.75 Å². The molecule has 0 spiro atoms. The second-order valence-electron chi connectivity index (χ2n) is 8.11. The summed E-state index contributed by atoms with van der Waals surface area (Å²) in [7, 11) is 0.903. The highest BCUT2D eigenvalue weighted by atomic mass is 32.2. The molecule has 3 aromatic carbocycles. The Balaban J connectivity index is 1.62. The van der Waals surface area contributed by atoms with Crippen LogP contribution < -0.4 is 9.04 Å². The number of hydrogen-bond acceptors (Lipinski definition) is 5. The van der Waals surface area contributed by atoms with E-state index in [9.17, 15) is 13.2 Å². The normalized spacial score (nSPS) is 11.4. The molecule has 0 N–H and O–H groups in total. The third kappa shape index (κ3) is 4.64. The molecular formula is C26H26N2O4S2. The van der Waals surface area contributed by atoms with Crippen LogP contribution >= 0.6 is 11.3 Å². The Bertz CT molecular complexity index is 1450. The predicted molar refractivity (Wildman–Crippen MR) is 137 cm³/mol. The van der Waals surface area contributed by atoms with Crippen molar-refractivity contribution in [2.24, 2.45) is 0 Å². The summed E-state index contributed by atoms with van der Waals surface area (Å²) < 4.78 is 34.2. The molecule has 0 fully saturated rings. The number of benzene rings is 3. The van der Waals surface area contributed by atoms with Crippen molar-refractivity contribution in [3.63, 3.8) is 0 Å². The molecule has 0 aliphatic carbocycles. The van der Waals surface area contributed by atoms with Gasteiger partial charge in [-0.1, -0.05) is 36.4 Å². The Morgan fingerprint density at radius 2 is 1.71 bits per heavy atom. The van der Waals surface area contributed by atoms with Crippen molar-refractivity contribution in [1.29, 1.82) is 0 Å². The topological polar surface area (TPSA) is 66.9 Å². The number of carbonyl (C=O) groups excluding carboxylic acids is 1. The van der Waals surface area contributed by atoms with Gasteiger partial charge in [-0.2, -0.15) is 0 Å². The van der Waals surface area contributed by atoms with Crippen molar-refractivity contribution in [1.82, 2.24) is 4.90 Å². The van der Waals surface area contributed by atoms with Gasteiger partial charge in [0.15, 0.2) is 0 Å². The number of carbonyl (C=O) groups is 1. The molecule has 0 bridgehead atoms. The minimum atomic E-state index is -3.85. The van der Waals surface area contributed by atoms with Gasteiger partial charge in [0.25, 0.3) is 15.9 Å². The summed E-state index contributed by atoms with van der Waals surface area (Å²) in [4.78, 5) is 15.4. The third-order valence-corrected chi connectivity index (χ3v) is 8.55. The Morgan fingerprint density at radius 3 is 2.41 bits per heavy atom. The molecule has 4 rings (SSSR count). The lowest BCUT2D eigenvalue weighted by atomic mass is 10.2. The van der Waals surface area contributed by atoms with E-state index in [1.807, 2.05) is 55.5 Å². The van der Waals surface area contributed by atoms with Gasteiger partial charge in [0.1, 0.15) is 10.6 Å². The van der Waals surface area contributed by atoms with Crippen LogP contribution in [0.4, 0.5) is 5.69 Å². The molecular weight excluding hydrogens is 468 g/mol. The first-order valence-corrected chi connectivity index (χ1v) is 12.9. The van der Waals surface area contributed by atoms with Crippen LogP contribution in [0.1, 0.15) is 20.8 Å². The van der Waals surface area contributed by atoms with Gasteiger partial charge in [-0.25, -0.2) is 8.42 Å². The largest absolute Gasteiger partial charge is 0.495 e. The number of fused-ring (bicyclic) bond motifs is 1. The molecule has 8 heteroatoms. The summed E-state index contributed by atoms with van der Waals surface area (Å²) in [6.45, 7) is 2.35. The SMILES string of the molecule is COc1ccc(C)cc1S(=O)(=O)N(C)c1ccc2sc(C(=O)N(C)Cc3ccccc3)cc2c1. The Hall–Kier alpha value is -3.36. The zero-order valence-electron chi connectivity index (χ0n) is 19.5. The molecule has 0 aliphatic heterocycles. The molecule has 0 aliphatic rings. The fourth-order valence-electron chi connectivity index (χ4n) is 3.72. The number of thiophene rings is 1. The van der Waals surface area contributed by atoms with Crippen molar-refractivity contribution >= 4 is 43.0 Å². The van der Waals surface area contributed by atoms with Gasteiger partial charge in [-0.05, 0) is 59.8 Å². The molecule has 1 aromatic heterocycles. The van der Waals surface area contributed by atoms with E-state index in [0.717, 1.165) is 21.2 Å². The van der Waals surface area contributed by atoms with Gasteiger partial charge in [-0.3, -0.25) is 9.10 Å². The van der Waals surface area contributed by atoms with E-state index in [1.54, 1.807) is 36.2 Å². The van der Waals surface area contributed by atoms with Gasteiger partial charge in [0.2, 0.25) is 0 Å². The molecule has 0 saturated heterocycles. The average molecular weight is 495 g/mol. The van der Waals surface area contributed by atoms with Crippen LogP contribution in [0.25, 0.3) is 10.1 Å². The third-order valence-electron chi connectivity index (χ3n) is 5.64. The second-order valence-corrected chi connectivity index (χ2v) is 11.1. The fraction of sp³-hybridized carbons (Fsp3) is 0.192. The number of methoxy groups -OCH3 is 1. The lowest BCUT2D eigenvalue weighted by Gasteiger charge is -2.21. The molecule has 0 atom stereocenters. The number of amides is 1. The molecule has 4 aromatic rings. The first kappa shape index (κ1) is 23.8. The number of rotatable bonds is 7. The van der Waals surface area contributed by atoms with Gasteiger partial charge in [-0.15, -0.1) is 11.3 Å². The Morgan fingerprint density at radius 1 is 0.971 bits per heavy atom. The second kappa shape index (κ2) is 9.48. The zero-order valence-corrected chi connectivity index (χ0v) is 21.1. The number of aryl methyl sites for hydroxylation is 1. The van der Waals surface area contributed by atoms with E-state index in [0.29, 0.717) is 22.9 Å². The van der Waals surface area contributed by atoms with E-state index >= 15 is 0 Å². The standard InChI is InChI=1S/C26H26N2O4S2/c1-18-10-12-22(32-4)25(14-18)34(30,31)28(3)21-11-13-23-20(15-21)16-24(33-23)26(29)27(2)17-19-8-6-5-7-9-19/h5-16H,17H2,1-4H3. The van der Waals surface area contributed by atoms with E-state index in [2.05, 4.69) is 0 Å². The summed E-state index contributed by atoms with van der Waals surface area (Å²) in [5.74, 6) is 0.223. The number of nitrogens with zero attached hydrogens (tertiary/aromatic N) is 2. The van der Waals surface area contributed by atoms with E-state index < -0.39 is 10.0 Å². The maximum atomic E-state index is 13.4. The van der Waals surface area contributed by atoms with Crippen LogP contribution in [-0.2, 0) is 16.6 Å². The molecule has 0 unspecified atom stereocenters. The monoisotopic (exact) mass is 494 g/mol. The van der Waals surface area contributed by atoms with Crippen LogP contribution in [0.5, 0.6) is 5.75 Å². The lowest BCUT2D eigenvalue weighted by molar-refractivity contribution is 0.0790. The molecule has 0 saturated carbocycles. The summed E-state index contributed by atoms with van der Waals surface area (Å²) in [6.07, 6.45) is 0. The maximum absolute atomic E-state index is 13.4. The first-order valence-electron chi connectivity index (χ1n) is 10.7. The minimum absolute atomic E-state index is 0.0722. The first-order chi connectivity index (χ1) is 16.2. The van der Waals surface area contributed by atoms with Crippen molar-refractivity contribution in [2.45, 2.75) is 18.4 Å². The highest BCUT2D eigenvalue weighted by Crippen LogP contribution is 2.34. The summed E-state index contributed by atoms with van der Waals surface area (Å²) >= 11 is 1.40. The maximum Gasteiger partial charge on any atom is 0.267 e. The summed E-state index contributed by atoms with van der Waals surface area (Å²) in [5, 5.41) is 0.817. The molecule has 0 radical (unpaired) electrons.